The Kier molecular flexibility index (Phi) is 6.85. The van der Waals surface area contributed by atoms with Crippen LogP contribution >= 0.6 is 11.6 Å². The van der Waals surface area contributed by atoms with Crippen LogP contribution in [0.15, 0.2) is 30.3 Å². The second-order valence-corrected chi connectivity index (χ2v) is 14.8. The Balaban J connectivity index is 1.15. The molecule has 4 saturated heterocycles. The van der Waals surface area contributed by atoms with Crippen molar-refractivity contribution in [3.05, 3.63) is 52.3 Å². The topological polar surface area (TPSA) is 83.0 Å². The number of hydrogen-bond donors (Lipinski definition) is 2. The number of rotatable bonds is 7. The number of nitrogens with zero attached hydrogens (tertiary/aromatic N) is 4. The van der Waals surface area contributed by atoms with Gasteiger partial charge in [-0.3, -0.25) is 4.90 Å². The quantitative estimate of drug-likeness (QED) is 0.242. The van der Waals surface area contributed by atoms with E-state index < -0.39 is 5.82 Å². The van der Waals surface area contributed by atoms with Gasteiger partial charge in [-0.1, -0.05) is 23.6 Å². The second kappa shape index (κ2) is 10.9. The fourth-order valence-corrected chi connectivity index (χ4v) is 8.93. The largest absolute Gasteiger partial charge is 0.508 e. The Morgan fingerprint density at radius 1 is 1.17 bits per heavy atom. The van der Waals surface area contributed by atoms with E-state index in [0.717, 1.165) is 81.7 Å². The Morgan fingerprint density at radius 2 is 1.98 bits per heavy atom. The van der Waals surface area contributed by atoms with E-state index >= 15 is 4.39 Å². The van der Waals surface area contributed by atoms with E-state index in [2.05, 4.69) is 27.1 Å². The molecule has 1 saturated carbocycles. The third-order valence-corrected chi connectivity index (χ3v) is 11.5. The molecule has 1 aromatic heterocycles. The highest BCUT2D eigenvalue weighted by atomic mass is 35.5. The summed E-state index contributed by atoms with van der Waals surface area (Å²) in [7, 11) is 0. The minimum Gasteiger partial charge on any atom is -0.508 e. The number of hydrogen-bond acceptors (Lipinski definition) is 8. The van der Waals surface area contributed by atoms with Crippen LogP contribution in [0, 0.1) is 30.5 Å². The van der Waals surface area contributed by atoms with Crippen LogP contribution in [0.25, 0.3) is 32.8 Å². The van der Waals surface area contributed by atoms with Gasteiger partial charge < -0.3 is 24.8 Å². The van der Waals surface area contributed by atoms with Gasteiger partial charge >= 0.3 is 6.01 Å². The zero-order chi connectivity index (χ0) is 32.0. The van der Waals surface area contributed by atoms with E-state index in [0.29, 0.717) is 69.3 Å². The summed E-state index contributed by atoms with van der Waals surface area (Å²) < 4.78 is 27.4. The number of phenols is 1. The molecular weight excluding hydrogens is 617 g/mol. The molecule has 3 aromatic carbocycles. The summed E-state index contributed by atoms with van der Waals surface area (Å²) in [5.74, 6) is 2.87. The lowest BCUT2D eigenvalue weighted by atomic mass is 9.91. The fourth-order valence-electron chi connectivity index (χ4n) is 8.53. The van der Waals surface area contributed by atoms with Gasteiger partial charge in [0, 0.05) is 66.1 Å². The summed E-state index contributed by atoms with van der Waals surface area (Å²) in [5, 5.41) is 16.8. The molecule has 47 heavy (non-hydrogen) atoms. The van der Waals surface area contributed by atoms with Crippen molar-refractivity contribution in [1.29, 1.82) is 0 Å². The zero-order valence-corrected chi connectivity index (χ0v) is 27.1. The molecule has 1 aliphatic carbocycles. The minimum atomic E-state index is -0.501. The van der Waals surface area contributed by atoms with Crippen LogP contribution in [-0.4, -0.2) is 83.6 Å². The molecule has 2 N–H and O–H groups in total. The minimum absolute atomic E-state index is 0.0360. The van der Waals surface area contributed by atoms with Gasteiger partial charge in [-0.25, -0.2) is 4.39 Å². The number of fused-ring (bicyclic) bond motifs is 6. The number of ether oxygens (including phenoxy) is 2. The van der Waals surface area contributed by atoms with Crippen molar-refractivity contribution < 1.29 is 19.0 Å². The molecule has 8 nitrogen and oxygen atoms in total. The lowest BCUT2D eigenvalue weighted by molar-refractivity contribution is 0.0176. The van der Waals surface area contributed by atoms with Crippen molar-refractivity contribution in [2.45, 2.75) is 63.3 Å². The van der Waals surface area contributed by atoms with Crippen molar-refractivity contribution in [2.24, 2.45) is 5.41 Å². The molecule has 4 bridgehead atoms. The average Bonchev–Trinajstić information content (AvgIpc) is 3.32. The van der Waals surface area contributed by atoms with Crippen molar-refractivity contribution >= 4 is 39.1 Å². The lowest BCUT2D eigenvalue weighted by Gasteiger charge is -2.34. The molecule has 4 aliphatic heterocycles. The number of likely N-dealkylation sites (tertiary alicyclic amines) is 1. The van der Waals surface area contributed by atoms with Crippen molar-refractivity contribution in [1.82, 2.24) is 20.2 Å². The SMILES string of the molecule is C#Cc1c(F)ccc2cc(O)cc(-c3c(C)cc4c(N5CC6CCC(C5)N6)nc(OCC5(CN6C[C@H]7C[C@@H]6CO7)CC5)nc4c3Cl)c12. The standard InChI is InChI=1S/C37H37ClFN5O3/c1-3-27-30(39)7-4-21-11-25(45)13-28(32(21)27)31-20(2)10-29-34(33(31)38)41-36(42-35(29)43-14-22-5-6-23(15-43)40-22)47-19-37(8-9-37)18-44-16-26-12-24(44)17-46-26/h1,4,7,10-11,13,22-24,26,40,45H,5-6,8-9,12,14-19H2,2H3/t22?,23?,24-,26-/m1/s1. The maximum Gasteiger partial charge on any atom is 0.319 e. The molecule has 0 amide bonds. The van der Waals surface area contributed by atoms with Crippen LogP contribution in [0.5, 0.6) is 11.8 Å². The van der Waals surface area contributed by atoms with Crippen molar-refractivity contribution in [3.8, 4) is 35.2 Å². The van der Waals surface area contributed by atoms with E-state index in [4.69, 9.17) is 37.5 Å². The highest BCUT2D eigenvalue weighted by Gasteiger charge is 2.49. The lowest BCUT2D eigenvalue weighted by Crippen LogP contribution is -2.51. The highest BCUT2D eigenvalue weighted by Crippen LogP contribution is 2.49. The number of piperazine rings is 1. The van der Waals surface area contributed by atoms with Gasteiger partial charge in [0.05, 0.1) is 35.4 Å². The first-order chi connectivity index (χ1) is 22.8. The number of aryl methyl sites for hydroxylation is 1. The first kappa shape index (κ1) is 29.5. The maximum absolute atomic E-state index is 15.0. The number of halogens is 2. The average molecular weight is 654 g/mol. The van der Waals surface area contributed by atoms with E-state index in [9.17, 15) is 5.11 Å². The number of terminal acetylenes is 1. The summed E-state index contributed by atoms with van der Waals surface area (Å²) in [4.78, 5) is 14.9. The van der Waals surface area contributed by atoms with Crippen molar-refractivity contribution in [2.75, 3.05) is 44.3 Å². The maximum atomic E-state index is 15.0. The van der Waals surface area contributed by atoms with Gasteiger partial charge in [0.2, 0.25) is 0 Å². The number of benzene rings is 3. The number of phenolic OH excluding ortho intramolecular Hbond substituents is 1. The summed E-state index contributed by atoms with van der Waals surface area (Å²) in [6, 6.07) is 9.83. The smallest absolute Gasteiger partial charge is 0.319 e. The predicted molar refractivity (Wildman–Crippen MR) is 181 cm³/mol. The molecule has 5 aliphatic rings. The number of aromatic hydroxyl groups is 1. The van der Waals surface area contributed by atoms with Gasteiger partial charge in [0.15, 0.2) is 0 Å². The molecule has 2 unspecified atom stereocenters. The van der Waals surface area contributed by atoms with Gasteiger partial charge in [-0.2, -0.15) is 9.97 Å². The van der Waals surface area contributed by atoms with Crippen LogP contribution in [0.2, 0.25) is 5.02 Å². The Labute approximate surface area is 278 Å². The summed E-state index contributed by atoms with van der Waals surface area (Å²) >= 11 is 7.35. The van der Waals surface area contributed by atoms with Gasteiger partial charge in [-0.05, 0) is 79.8 Å². The van der Waals surface area contributed by atoms with Crippen LogP contribution in [0.4, 0.5) is 10.2 Å². The molecule has 10 heteroatoms. The van der Waals surface area contributed by atoms with E-state index in [1.807, 2.05) is 6.92 Å². The Morgan fingerprint density at radius 3 is 2.68 bits per heavy atom. The second-order valence-electron chi connectivity index (χ2n) is 14.4. The molecular formula is C37H37ClFN5O3. The molecule has 4 aromatic rings. The van der Waals surface area contributed by atoms with Gasteiger partial charge in [0.25, 0.3) is 0 Å². The first-order valence-electron chi connectivity index (χ1n) is 16.7. The van der Waals surface area contributed by atoms with E-state index in [-0.39, 0.29) is 16.7 Å². The number of anilines is 1. The molecule has 5 heterocycles. The number of aromatic nitrogens is 2. The zero-order valence-electron chi connectivity index (χ0n) is 26.4. The fraction of sp³-hybridized carbons (Fsp3) is 0.459. The molecule has 242 valence electrons. The van der Waals surface area contributed by atoms with Crippen LogP contribution in [-0.2, 0) is 4.74 Å². The molecule has 0 radical (unpaired) electrons. The van der Waals surface area contributed by atoms with Crippen LogP contribution in [0.1, 0.15) is 43.2 Å². The predicted octanol–water partition coefficient (Wildman–Crippen LogP) is 5.81. The van der Waals surface area contributed by atoms with Crippen LogP contribution in [0.3, 0.4) is 0 Å². The summed E-state index contributed by atoms with van der Waals surface area (Å²) in [6.07, 6.45) is 11.8. The first-order valence-corrected chi connectivity index (χ1v) is 17.1. The van der Waals surface area contributed by atoms with E-state index in [1.54, 1.807) is 18.2 Å². The molecule has 9 rings (SSSR count). The summed E-state index contributed by atoms with van der Waals surface area (Å²) in [5.41, 5.74) is 2.83. The third kappa shape index (κ3) is 5.00. The highest BCUT2D eigenvalue weighted by molar-refractivity contribution is 6.39. The Hall–Kier alpha value is -3.68. The van der Waals surface area contributed by atoms with Crippen LogP contribution < -0.4 is 15.0 Å². The number of nitrogens with one attached hydrogen (secondary N) is 1. The monoisotopic (exact) mass is 653 g/mol. The number of morpholine rings is 1. The van der Waals surface area contributed by atoms with E-state index in [1.165, 1.54) is 6.07 Å². The summed E-state index contributed by atoms with van der Waals surface area (Å²) in [6.45, 7) is 7.02. The third-order valence-electron chi connectivity index (χ3n) is 11.1. The van der Waals surface area contributed by atoms with Gasteiger partial charge in [-0.15, -0.1) is 6.42 Å². The molecule has 5 fully saturated rings. The molecule has 0 spiro atoms. The normalized spacial score (nSPS) is 26.0. The Bertz CT molecular complexity index is 1980. The van der Waals surface area contributed by atoms with Gasteiger partial charge in [0.1, 0.15) is 17.4 Å². The molecule has 4 atom stereocenters. The van der Waals surface area contributed by atoms with Crippen molar-refractivity contribution in [3.63, 3.8) is 0 Å².